The van der Waals surface area contributed by atoms with Crippen molar-refractivity contribution in [1.29, 1.82) is 0 Å². The van der Waals surface area contributed by atoms with E-state index in [-0.39, 0.29) is 10.8 Å². The second-order valence-corrected chi connectivity index (χ2v) is 10.7. The van der Waals surface area contributed by atoms with Crippen molar-refractivity contribution in [3.63, 3.8) is 0 Å². The highest BCUT2D eigenvalue weighted by Crippen LogP contribution is 2.27. The minimum absolute atomic E-state index is 0.102. The molecule has 2 aromatic heterocycles. The number of amides is 1. The lowest BCUT2D eigenvalue weighted by molar-refractivity contribution is -0.116. The van der Waals surface area contributed by atoms with Crippen molar-refractivity contribution in [2.75, 3.05) is 45.2 Å². The van der Waals surface area contributed by atoms with E-state index in [9.17, 15) is 13.2 Å². The Labute approximate surface area is 170 Å². The van der Waals surface area contributed by atoms with Crippen LogP contribution in [0.25, 0.3) is 0 Å². The molecule has 0 radical (unpaired) electrons. The number of nitrogens with zero attached hydrogens (tertiary/aromatic N) is 3. The third-order valence-corrected chi connectivity index (χ3v) is 8.18. The third-order valence-electron chi connectivity index (χ3n) is 3.87. The summed E-state index contributed by atoms with van der Waals surface area (Å²) in [5, 5.41) is 5.00. The van der Waals surface area contributed by atoms with Crippen LogP contribution in [0, 0.1) is 0 Å². The molecule has 3 heterocycles. The van der Waals surface area contributed by atoms with E-state index in [0.29, 0.717) is 29.2 Å². The largest absolute Gasteiger partial charge is 0.379 e. The number of aromatic nitrogens is 1. The van der Waals surface area contributed by atoms with Gasteiger partial charge in [-0.05, 0) is 12.1 Å². The van der Waals surface area contributed by atoms with Gasteiger partial charge in [-0.25, -0.2) is 13.4 Å². The molecule has 0 atom stereocenters. The first-order valence-electron chi connectivity index (χ1n) is 8.10. The maximum absolute atomic E-state index is 12.4. The molecule has 1 amide bonds. The van der Waals surface area contributed by atoms with Gasteiger partial charge < -0.3 is 10.1 Å². The number of likely N-dealkylation sites (N-methyl/N-ethyl adjacent to an activating group) is 1. The monoisotopic (exact) mass is 450 g/mol. The molecule has 0 aromatic carbocycles. The van der Waals surface area contributed by atoms with Crippen molar-refractivity contribution in [3.05, 3.63) is 27.5 Å². The topological polar surface area (TPSA) is 91.8 Å². The van der Waals surface area contributed by atoms with Gasteiger partial charge in [0.2, 0.25) is 5.91 Å². The van der Waals surface area contributed by atoms with Crippen LogP contribution in [0.15, 0.2) is 21.7 Å². The molecule has 2 aromatic rings. The quantitative estimate of drug-likeness (QED) is 0.693. The molecule has 3 rings (SSSR count). The van der Waals surface area contributed by atoms with Crippen molar-refractivity contribution in [2.24, 2.45) is 0 Å². The molecule has 0 saturated carbocycles. The van der Waals surface area contributed by atoms with Crippen molar-refractivity contribution < 1.29 is 17.9 Å². The lowest BCUT2D eigenvalue weighted by Gasteiger charge is -2.25. The molecule has 1 N–H and O–H groups in total. The number of hydrogen-bond donors (Lipinski definition) is 1. The standard InChI is InChI=1S/C15H19ClN4O4S3/c1-19(27(22,23)14-3-2-12(16)26-14)9-13(21)18-15-17-11(10-25-15)8-20-4-6-24-7-5-20/h2-3,10H,4-9H2,1H3,(H,17,18,21). The highest BCUT2D eigenvalue weighted by molar-refractivity contribution is 7.91. The van der Waals surface area contributed by atoms with Crippen LogP contribution in [0.5, 0.6) is 0 Å². The Morgan fingerprint density at radius 1 is 1.41 bits per heavy atom. The van der Waals surface area contributed by atoms with Crippen LogP contribution in [-0.4, -0.2) is 68.4 Å². The van der Waals surface area contributed by atoms with Gasteiger partial charge in [-0.15, -0.1) is 22.7 Å². The Morgan fingerprint density at radius 3 is 2.81 bits per heavy atom. The number of carbonyl (C=O) groups excluding carboxylic acids is 1. The Kier molecular flexibility index (Phi) is 6.84. The first-order chi connectivity index (χ1) is 12.8. The summed E-state index contributed by atoms with van der Waals surface area (Å²) < 4.78 is 31.6. The summed E-state index contributed by atoms with van der Waals surface area (Å²) >= 11 is 8.07. The number of rotatable bonds is 7. The minimum Gasteiger partial charge on any atom is -0.379 e. The van der Waals surface area contributed by atoms with Gasteiger partial charge in [0, 0.05) is 32.1 Å². The zero-order chi connectivity index (χ0) is 19.4. The molecule has 12 heteroatoms. The number of carbonyl (C=O) groups is 1. The van der Waals surface area contributed by atoms with Crippen LogP contribution in [0.3, 0.4) is 0 Å². The fraction of sp³-hybridized carbons (Fsp3) is 0.467. The van der Waals surface area contributed by atoms with E-state index in [2.05, 4.69) is 15.2 Å². The molecule has 148 valence electrons. The first kappa shape index (κ1) is 20.6. The summed E-state index contributed by atoms with van der Waals surface area (Å²) in [5.41, 5.74) is 0.867. The zero-order valence-electron chi connectivity index (χ0n) is 14.6. The molecular formula is C15H19ClN4O4S3. The summed E-state index contributed by atoms with van der Waals surface area (Å²) in [5.74, 6) is -0.448. The van der Waals surface area contributed by atoms with Crippen molar-refractivity contribution in [1.82, 2.24) is 14.2 Å². The molecule has 1 aliphatic rings. The van der Waals surface area contributed by atoms with Crippen LogP contribution in [-0.2, 0) is 26.1 Å². The molecular weight excluding hydrogens is 432 g/mol. The molecule has 0 unspecified atom stereocenters. The van der Waals surface area contributed by atoms with Crippen molar-refractivity contribution in [2.45, 2.75) is 10.8 Å². The molecule has 0 bridgehead atoms. The molecule has 1 fully saturated rings. The predicted octanol–water partition coefficient (Wildman–Crippen LogP) is 1.95. The zero-order valence-corrected chi connectivity index (χ0v) is 17.8. The second-order valence-electron chi connectivity index (χ2n) is 5.90. The fourth-order valence-electron chi connectivity index (χ4n) is 2.46. The Bertz CT molecular complexity index is 893. The Morgan fingerprint density at radius 2 is 2.15 bits per heavy atom. The first-order valence-corrected chi connectivity index (χ1v) is 11.6. The van der Waals surface area contributed by atoms with Gasteiger partial charge in [0.05, 0.1) is 29.8 Å². The van der Waals surface area contributed by atoms with Crippen LogP contribution in [0.1, 0.15) is 5.69 Å². The normalized spacial score (nSPS) is 16.0. The predicted molar refractivity (Wildman–Crippen MR) is 106 cm³/mol. The number of halogens is 1. The lowest BCUT2D eigenvalue weighted by atomic mass is 10.4. The number of morpholine rings is 1. The smallest absolute Gasteiger partial charge is 0.252 e. The molecule has 0 spiro atoms. The Hall–Kier alpha value is -1.08. The van der Waals surface area contributed by atoms with Gasteiger partial charge in [-0.1, -0.05) is 11.6 Å². The third kappa shape index (κ3) is 5.47. The second kappa shape index (κ2) is 8.95. The summed E-state index contributed by atoms with van der Waals surface area (Å²) in [4.78, 5) is 18.8. The van der Waals surface area contributed by atoms with Crippen LogP contribution in [0.4, 0.5) is 5.13 Å². The summed E-state index contributed by atoms with van der Waals surface area (Å²) in [6, 6.07) is 2.94. The summed E-state index contributed by atoms with van der Waals surface area (Å²) in [6.45, 7) is 3.52. The van der Waals surface area contributed by atoms with Gasteiger partial charge >= 0.3 is 0 Å². The lowest BCUT2D eigenvalue weighted by Crippen LogP contribution is -2.35. The maximum Gasteiger partial charge on any atom is 0.252 e. The van der Waals surface area contributed by atoms with Gasteiger partial charge in [0.15, 0.2) is 5.13 Å². The highest BCUT2D eigenvalue weighted by atomic mass is 35.5. The van der Waals surface area contributed by atoms with Crippen LogP contribution >= 0.6 is 34.3 Å². The fourth-order valence-corrected chi connectivity index (χ4v) is 6.00. The number of hydrogen-bond acceptors (Lipinski definition) is 8. The maximum atomic E-state index is 12.4. The van der Waals surface area contributed by atoms with Gasteiger partial charge in [0.25, 0.3) is 10.0 Å². The summed E-state index contributed by atoms with van der Waals surface area (Å²) in [7, 11) is -2.39. The number of anilines is 1. The molecule has 1 saturated heterocycles. The summed E-state index contributed by atoms with van der Waals surface area (Å²) in [6.07, 6.45) is 0. The number of thiazole rings is 1. The van der Waals surface area contributed by atoms with E-state index in [1.165, 1.54) is 30.5 Å². The van der Waals surface area contributed by atoms with Crippen LogP contribution in [0.2, 0.25) is 4.34 Å². The number of thiophene rings is 1. The molecule has 8 nitrogen and oxygen atoms in total. The van der Waals surface area contributed by atoms with Crippen molar-refractivity contribution in [3.8, 4) is 0 Å². The van der Waals surface area contributed by atoms with Crippen molar-refractivity contribution >= 4 is 55.3 Å². The van der Waals surface area contributed by atoms with Gasteiger partial charge in [0.1, 0.15) is 4.21 Å². The van der Waals surface area contributed by atoms with E-state index in [0.717, 1.165) is 34.4 Å². The number of sulfonamides is 1. The minimum atomic E-state index is -3.75. The molecule has 27 heavy (non-hydrogen) atoms. The van der Waals surface area contributed by atoms with E-state index in [4.69, 9.17) is 16.3 Å². The number of nitrogens with one attached hydrogen (secondary N) is 1. The highest BCUT2D eigenvalue weighted by Gasteiger charge is 2.25. The average Bonchev–Trinajstić information content (AvgIpc) is 3.25. The SMILES string of the molecule is CN(CC(=O)Nc1nc(CN2CCOCC2)cs1)S(=O)(=O)c1ccc(Cl)s1. The van der Waals surface area contributed by atoms with E-state index in [1.807, 2.05) is 5.38 Å². The molecule has 1 aliphatic heterocycles. The van der Waals surface area contributed by atoms with E-state index in [1.54, 1.807) is 0 Å². The van der Waals surface area contributed by atoms with E-state index >= 15 is 0 Å². The molecule has 0 aliphatic carbocycles. The van der Waals surface area contributed by atoms with Crippen LogP contribution < -0.4 is 5.32 Å². The van der Waals surface area contributed by atoms with E-state index < -0.39 is 15.9 Å². The average molecular weight is 451 g/mol. The van der Waals surface area contributed by atoms with Gasteiger partial charge in [-0.3, -0.25) is 9.69 Å². The Balaban J connectivity index is 1.54. The number of ether oxygens (including phenoxy) is 1. The van der Waals surface area contributed by atoms with Gasteiger partial charge in [-0.2, -0.15) is 4.31 Å².